The van der Waals surface area contributed by atoms with Gasteiger partial charge in [0.15, 0.2) is 0 Å². The number of anilines is 1. The van der Waals surface area contributed by atoms with Gasteiger partial charge in [0.1, 0.15) is 0 Å². The largest absolute Gasteiger partial charge is 0.465 e. The topological polar surface area (TPSA) is 55.4 Å². The summed E-state index contributed by atoms with van der Waals surface area (Å²) in [6.45, 7) is 3.91. The number of aryl methyl sites for hydroxylation is 2. The molecule has 0 aromatic heterocycles. The maximum Gasteiger partial charge on any atom is 0.337 e. The molecule has 2 rings (SSSR count). The van der Waals surface area contributed by atoms with Crippen molar-refractivity contribution in [1.82, 2.24) is 0 Å². The summed E-state index contributed by atoms with van der Waals surface area (Å²) in [5.41, 5.74) is 3.74. The SMILES string of the molecule is CCc1ccc(C(=O)Nc2ccc(C(=O)OC)cc2C)cc1. The fourth-order valence-electron chi connectivity index (χ4n) is 2.14. The van der Waals surface area contributed by atoms with Crippen LogP contribution in [0.2, 0.25) is 0 Å². The first-order valence-corrected chi connectivity index (χ1v) is 7.14. The van der Waals surface area contributed by atoms with Crippen molar-refractivity contribution in [2.45, 2.75) is 20.3 Å². The van der Waals surface area contributed by atoms with Gasteiger partial charge in [0.2, 0.25) is 0 Å². The van der Waals surface area contributed by atoms with Crippen molar-refractivity contribution in [1.29, 1.82) is 0 Å². The highest BCUT2D eigenvalue weighted by Crippen LogP contribution is 2.18. The van der Waals surface area contributed by atoms with Crippen LogP contribution in [-0.4, -0.2) is 19.0 Å². The van der Waals surface area contributed by atoms with Crippen LogP contribution in [0.1, 0.15) is 38.8 Å². The molecular weight excluding hydrogens is 278 g/mol. The van der Waals surface area contributed by atoms with E-state index in [-0.39, 0.29) is 5.91 Å². The Morgan fingerprint density at radius 1 is 1.05 bits per heavy atom. The number of methoxy groups -OCH3 is 1. The summed E-state index contributed by atoms with van der Waals surface area (Å²) in [5, 5.41) is 2.86. The van der Waals surface area contributed by atoms with Gasteiger partial charge in [-0.3, -0.25) is 4.79 Å². The van der Waals surface area contributed by atoms with Gasteiger partial charge < -0.3 is 10.1 Å². The third kappa shape index (κ3) is 3.52. The van der Waals surface area contributed by atoms with Gasteiger partial charge in [-0.1, -0.05) is 19.1 Å². The average molecular weight is 297 g/mol. The Balaban J connectivity index is 2.15. The summed E-state index contributed by atoms with van der Waals surface area (Å²) >= 11 is 0. The summed E-state index contributed by atoms with van der Waals surface area (Å²) in [6.07, 6.45) is 0.940. The van der Waals surface area contributed by atoms with E-state index in [4.69, 9.17) is 0 Å². The Bertz CT molecular complexity index is 690. The maximum absolute atomic E-state index is 12.2. The predicted octanol–water partition coefficient (Wildman–Crippen LogP) is 3.60. The van der Waals surface area contributed by atoms with Crippen LogP contribution in [0.25, 0.3) is 0 Å². The zero-order chi connectivity index (χ0) is 16.1. The van der Waals surface area contributed by atoms with Crippen molar-refractivity contribution in [3.8, 4) is 0 Å². The predicted molar refractivity (Wildman–Crippen MR) is 86.3 cm³/mol. The van der Waals surface area contributed by atoms with Crippen LogP contribution in [0.15, 0.2) is 42.5 Å². The molecule has 0 aliphatic carbocycles. The number of hydrogen-bond donors (Lipinski definition) is 1. The Morgan fingerprint density at radius 3 is 2.23 bits per heavy atom. The third-order valence-corrected chi connectivity index (χ3v) is 3.52. The van der Waals surface area contributed by atoms with Gasteiger partial charge in [0, 0.05) is 11.3 Å². The highest BCUT2D eigenvalue weighted by Gasteiger charge is 2.10. The molecule has 1 amide bonds. The molecule has 0 aliphatic rings. The summed E-state index contributed by atoms with van der Waals surface area (Å²) in [5.74, 6) is -0.562. The lowest BCUT2D eigenvalue weighted by Crippen LogP contribution is -2.13. The van der Waals surface area contributed by atoms with Crippen LogP contribution in [0.5, 0.6) is 0 Å². The first-order valence-electron chi connectivity index (χ1n) is 7.14. The van der Waals surface area contributed by atoms with Crippen LogP contribution < -0.4 is 5.32 Å². The summed E-state index contributed by atoms with van der Waals surface area (Å²) in [6, 6.07) is 12.6. The third-order valence-electron chi connectivity index (χ3n) is 3.52. The Kier molecular flexibility index (Phi) is 4.94. The zero-order valence-corrected chi connectivity index (χ0v) is 13.0. The van der Waals surface area contributed by atoms with Gasteiger partial charge in [-0.25, -0.2) is 4.79 Å². The molecule has 0 atom stereocenters. The lowest BCUT2D eigenvalue weighted by Gasteiger charge is -2.10. The van der Waals surface area contributed by atoms with Crippen LogP contribution in [0, 0.1) is 6.92 Å². The van der Waals surface area contributed by atoms with Crippen molar-refractivity contribution in [2.24, 2.45) is 0 Å². The summed E-state index contributed by atoms with van der Waals surface area (Å²) in [7, 11) is 1.34. The van der Waals surface area contributed by atoms with E-state index >= 15 is 0 Å². The first-order chi connectivity index (χ1) is 10.5. The van der Waals surface area contributed by atoms with Crippen molar-refractivity contribution < 1.29 is 14.3 Å². The molecule has 114 valence electrons. The van der Waals surface area contributed by atoms with Crippen molar-refractivity contribution in [2.75, 3.05) is 12.4 Å². The molecule has 22 heavy (non-hydrogen) atoms. The lowest BCUT2D eigenvalue weighted by atomic mass is 10.1. The van der Waals surface area contributed by atoms with E-state index in [2.05, 4.69) is 17.0 Å². The van der Waals surface area contributed by atoms with Crippen LogP contribution in [-0.2, 0) is 11.2 Å². The monoisotopic (exact) mass is 297 g/mol. The molecule has 0 fully saturated rings. The number of carbonyl (C=O) groups is 2. The van der Waals surface area contributed by atoms with E-state index in [1.165, 1.54) is 12.7 Å². The quantitative estimate of drug-likeness (QED) is 0.877. The minimum atomic E-state index is -0.392. The van der Waals surface area contributed by atoms with Crippen LogP contribution >= 0.6 is 0 Å². The molecule has 4 nitrogen and oxygen atoms in total. The van der Waals surface area contributed by atoms with E-state index in [0.717, 1.165) is 12.0 Å². The lowest BCUT2D eigenvalue weighted by molar-refractivity contribution is 0.0600. The van der Waals surface area contributed by atoms with Gasteiger partial charge in [-0.05, 0) is 54.8 Å². The van der Waals surface area contributed by atoms with Gasteiger partial charge in [-0.2, -0.15) is 0 Å². The molecule has 0 unspecified atom stereocenters. The van der Waals surface area contributed by atoms with Gasteiger partial charge in [0.05, 0.1) is 12.7 Å². The molecule has 0 saturated carbocycles. The fraction of sp³-hybridized carbons (Fsp3) is 0.222. The molecule has 0 heterocycles. The van der Waals surface area contributed by atoms with Crippen LogP contribution in [0.3, 0.4) is 0 Å². The van der Waals surface area contributed by atoms with E-state index in [0.29, 0.717) is 16.8 Å². The second-order valence-corrected chi connectivity index (χ2v) is 5.03. The van der Waals surface area contributed by atoms with Crippen molar-refractivity contribution in [3.63, 3.8) is 0 Å². The first kappa shape index (κ1) is 15.8. The summed E-state index contributed by atoms with van der Waals surface area (Å²) < 4.78 is 4.68. The van der Waals surface area contributed by atoms with E-state index in [9.17, 15) is 9.59 Å². The second-order valence-electron chi connectivity index (χ2n) is 5.03. The number of rotatable bonds is 4. The summed E-state index contributed by atoms with van der Waals surface area (Å²) in [4.78, 5) is 23.7. The minimum Gasteiger partial charge on any atom is -0.465 e. The molecule has 2 aromatic rings. The smallest absolute Gasteiger partial charge is 0.337 e. The van der Waals surface area contributed by atoms with E-state index in [1.807, 2.05) is 31.2 Å². The van der Waals surface area contributed by atoms with E-state index < -0.39 is 5.97 Å². The average Bonchev–Trinajstić information content (AvgIpc) is 2.55. The highest BCUT2D eigenvalue weighted by molar-refractivity contribution is 6.05. The molecule has 0 bridgehead atoms. The normalized spacial score (nSPS) is 10.1. The minimum absolute atomic E-state index is 0.170. The Labute approximate surface area is 130 Å². The number of ether oxygens (including phenoxy) is 1. The molecule has 4 heteroatoms. The number of nitrogens with one attached hydrogen (secondary N) is 1. The zero-order valence-electron chi connectivity index (χ0n) is 13.0. The molecule has 0 radical (unpaired) electrons. The van der Waals surface area contributed by atoms with Gasteiger partial charge in [-0.15, -0.1) is 0 Å². The fourth-order valence-corrected chi connectivity index (χ4v) is 2.14. The number of amides is 1. The molecule has 0 saturated heterocycles. The standard InChI is InChI=1S/C18H19NO3/c1-4-13-5-7-14(8-6-13)17(20)19-16-10-9-15(11-12(16)2)18(21)22-3/h5-11H,4H2,1-3H3,(H,19,20). The number of esters is 1. The van der Waals surface area contributed by atoms with Crippen molar-refractivity contribution >= 4 is 17.6 Å². The van der Waals surface area contributed by atoms with E-state index in [1.54, 1.807) is 18.2 Å². The number of benzene rings is 2. The van der Waals surface area contributed by atoms with Gasteiger partial charge in [0.25, 0.3) is 5.91 Å². The Morgan fingerprint density at radius 2 is 1.68 bits per heavy atom. The maximum atomic E-state index is 12.2. The Hall–Kier alpha value is -2.62. The molecule has 2 aromatic carbocycles. The van der Waals surface area contributed by atoms with Gasteiger partial charge >= 0.3 is 5.97 Å². The molecule has 1 N–H and O–H groups in total. The van der Waals surface area contributed by atoms with Crippen LogP contribution in [0.4, 0.5) is 5.69 Å². The van der Waals surface area contributed by atoms with Crippen molar-refractivity contribution in [3.05, 3.63) is 64.7 Å². The number of carbonyl (C=O) groups excluding carboxylic acids is 2. The number of hydrogen-bond acceptors (Lipinski definition) is 3. The molecule has 0 aliphatic heterocycles. The highest BCUT2D eigenvalue weighted by atomic mass is 16.5. The second kappa shape index (κ2) is 6.89. The molecule has 0 spiro atoms. The molecular formula is C18H19NO3.